The number of hydrogen-bond donors (Lipinski definition) is 3. The van der Waals surface area contributed by atoms with E-state index >= 15 is 0 Å². The van der Waals surface area contributed by atoms with Crippen molar-refractivity contribution in [3.05, 3.63) is 30.1 Å². The van der Waals surface area contributed by atoms with Crippen molar-refractivity contribution in [1.29, 1.82) is 5.26 Å². The quantitative estimate of drug-likeness (QED) is 0.565. The van der Waals surface area contributed by atoms with E-state index in [1.165, 1.54) is 23.1 Å². The molecule has 1 aromatic rings. The van der Waals surface area contributed by atoms with Crippen molar-refractivity contribution in [2.75, 3.05) is 18.4 Å². The van der Waals surface area contributed by atoms with Gasteiger partial charge in [0, 0.05) is 19.0 Å². The van der Waals surface area contributed by atoms with E-state index in [0.717, 1.165) is 6.07 Å². The van der Waals surface area contributed by atoms with Crippen LogP contribution in [-0.4, -0.2) is 53.7 Å². The van der Waals surface area contributed by atoms with Crippen LogP contribution in [0.1, 0.15) is 26.7 Å². The fourth-order valence-corrected chi connectivity index (χ4v) is 5.22. The van der Waals surface area contributed by atoms with Gasteiger partial charge in [0.1, 0.15) is 17.9 Å². The largest absolute Gasteiger partial charge is 0.356 e. The lowest BCUT2D eigenvalue weighted by Gasteiger charge is -2.30. The number of carbonyl (C=O) groups excluding carboxylic acids is 4. The fourth-order valence-electron chi connectivity index (χ4n) is 5.22. The number of halogens is 1. The number of nitrogens with one attached hydrogen (secondary N) is 3. The molecule has 0 unspecified atom stereocenters. The SMILES string of the molecule is CC1(C)[C@@H]2[C@@H](C(=O)N[C@H](C#N)C[C@@H]3CCNC3=O)N(C(=O)C(=O)Nc3ccccc3F)C[C@@H]21. The first-order chi connectivity index (χ1) is 15.6. The van der Waals surface area contributed by atoms with E-state index in [2.05, 4.69) is 16.0 Å². The zero-order valence-corrected chi connectivity index (χ0v) is 18.4. The van der Waals surface area contributed by atoms with E-state index in [-0.39, 0.29) is 47.7 Å². The van der Waals surface area contributed by atoms with E-state index in [0.29, 0.717) is 13.0 Å². The summed E-state index contributed by atoms with van der Waals surface area (Å²) >= 11 is 0. The highest BCUT2D eigenvalue weighted by Gasteiger charge is 2.69. The minimum atomic E-state index is -1.03. The van der Waals surface area contributed by atoms with Gasteiger partial charge in [-0.1, -0.05) is 26.0 Å². The van der Waals surface area contributed by atoms with Gasteiger partial charge in [-0.2, -0.15) is 5.26 Å². The number of para-hydroxylation sites is 1. The summed E-state index contributed by atoms with van der Waals surface area (Å²) in [5.41, 5.74) is -0.310. The van der Waals surface area contributed by atoms with Gasteiger partial charge in [-0.15, -0.1) is 0 Å². The Hall–Kier alpha value is -3.48. The molecule has 10 heteroatoms. The Morgan fingerprint density at radius 2 is 2.06 bits per heavy atom. The predicted molar refractivity (Wildman–Crippen MR) is 115 cm³/mol. The molecule has 0 aromatic heterocycles. The number of carbonyl (C=O) groups is 4. The molecule has 2 aliphatic heterocycles. The molecular formula is C23H26FN5O4. The van der Waals surface area contributed by atoms with Gasteiger partial charge in [-0.05, 0) is 42.2 Å². The normalized spacial score (nSPS) is 27.7. The smallest absolute Gasteiger partial charge is 0.314 e. The maximum absolute atomic E-state index is 13.9. The highest BCUT2D eigenvalue weighted by molar-refractivity contribution is 6.40. The van der Waals surface area contributed by atoms with Crippen molar-refractivity contribution >= 4 is 29.3 Å². The van der Waals surface area contributed by atoms with Crippen molar-refractivity contribution in [2.24, 2.45) is 23.2 Å². The fraction of sp³-hybridized carbons (Fsp3) is 0.522. The summed E-state index contributed by atoms with van der Waals surface area (Å²) in [4.78, 5) is 51.7. The van der Waals surface area contributed by atoms with Crippen LogP contribution in [0.3, 0.4) is 0 Å². The number of anilines is 1. The van der Waals surface area contributed by atoms with Gasteiger partial charge in [0.15, 0.2) is 0 Å². The second kappa shape index (κ2) is 8.46. The third-order valence-corrected chi connectivity index (χ3v) is 7.21. The Morgan fingerprint density at radius 3 is 2.70 bits per heavy atom. The number of amides is 4. The average Bonchev–Trinajstić information content (AvgIpc) is 3.13. The van der Waals surface area contributed by atoms with Gasteiger partial charge in [-0.25, -0.2) is 4.39 Å². The van der Waals surface area contributed by atoms with Gasteiger partial charge in [0.2, 0.25) is 11.8 Å². The first-order valence-corrected chi connectivity index (χ1v) is 11.0. The lowest BCUT2D eigenvalue weighted by molar-refractivity contribution is -0.147. The third-order valence-electron chi connectivity index (χ3n) is 7.21. The zero-order chi connectivity index (χ0) is 23.9. The molecular weight excluding hydrogens is 429 g/mol. The highest BCUT2D eigenvalue weighted by atomic mass is 19.1. The Bertz CT molecular complexity index is 1050. The van der Waals surface area contributed by atoms with Crippen LogP contribution in [0.4, 0.5) is 10.1 Å². The molecule has 33 heavy (non-hydrogen) atoms. The third kappa shape index (κ3) is 4.15. The summed E-state index contributed by atoms with van der Waals surface area (Å²) in [6.45, 7) is 4.75. The molecule has 2 saturated heterocycles. The Balaban J connectivity index is 1.47. The van der Waals surface area contributed by atoms with Crippen molar-refractivity contribution in [3.8, 4) is 6.07 Å². The molecule has 1 saturated carbocycles. The molecule has 9 nitrogen and oxygen atoms in total. The van der Waals surface area contributed by atoms with Crippen LogP contribution in [0.15, 0.2) is 24.3 Å². The van der Waals surface area contributed by atoms with Crippen LogP contribution in [-0.2, 0) is 19.2 Å². The second-order valence-corrected chi connectivity index (χ2v) is 9.49. The molecule has 1 aromatic carbocycles. The van der Waals surface area contributed by atoms with Crippen LogP contribution >= 0.6 is 0 Å². The van der Waals surface area contributed by atoms with Crippen LogP contribution in [0.25, 0.3) is 0 Å². The second-order valence-electron chi connectivity index (χ2n) is 9.49. The molecule has 5 atom stereocenters. The Morgan fingerprint density at radius 1 is 1.33 bits per heavy atom. The molecule has 4 rings (SSSR count). The number of likely N-dealkylation sites (tertiary alicyclic amines) is 1. The van der Waals surface area contributed by atoms with Gasteiger partial charge >= 0.3 is 11.8 Å². The zero-order valence-electron chi connectivity index (χ0n) is 18.4. The van der Waals surface area contributed by atoms with E-state index in [9.17, 15) is 28.8 Å². The molecule has 0 bridgehead atoms. The standard InChI is InChI=1S/C23H26FN5O4/c1-23(2)14-11-29(22(33)21(32)28-16-6-4-3-5-15(16)24)18(17(14)23)20(31)27-13(10-25)9-12-7-8-26-19(12)30/h3-6,12-14,17-18H,7-9,11H2,1-2H3,(H,26,30)(H,27,31)(H,28,32)/t12-,13-,14-,17-,18-/m0/s1. The van der Waals surface area contributed by atoms with E-state index in [4.69, 9.17) is 0 Å². The van der Waals surface area contributed by atoms with E-state index in [1.54, 1.807) is 0 Å². The molecule has 3 fully saturated rings. The first-order valence-electron chi connectivity index (χ1n) is 11.0. The minimum Gasteiger partial charge on any atom is -0.356 e. The molecule has 4 amide bonds. The molecule has 3 N–H and O–H groups in total. The first kappa shape index (κ1) is 22.7. The monoisotopic (exact) mass is 455 g/mol. The van der Waals surface area contributed by atoms with Crippen molar-refractivity contribution < 1.29 is 23.6 Å². The lowest BCUT2D eigenvalue weighted by Crippen LogP contribution is -2.54. The molecule has 1 aliphatic carbocycles. The molecule has 0 radical (unpaired) electrons. The van der Waals surface area contributed by atoms with Gasteiger partial charge in [0.05, 0.1) is 11.8 Å². The van der Waals surface area contributed by atoms with E-state index < -0.39 is 35.6 Å². The Kier molecular flexibility index (Phi) is 5.82. The number of fused-ring (bicyclic) bond motifs is 1. The van der Waals surface area contributed by atoms with Crippen molar-refractivity contribution in [3.63, 3.8) is 0 Å². The lowest BCUT2D eigenvalue weighted by atomic mass is 9.97. The topological polar surface area (TPSA) is 131 Å². The molecule has 0 spiro atoms. The Labute approximate surface area is 190 Å². The summed E-state index contributed by atoms with van der Waals surface area (Å²) in [5, 5.41) is 17.2. The van der Waals surface area contributed by atoms with Crippen LogP contribution in [0, 0.1) is 40.3 Å². The summed E-state index contributed by atoms with van der Waals surface area (Å²) in [5.74, 6) is -3.77. The van der Waals surface area contributed by atoms with Crippen LogP contribution < -0.4 is 16.0 Å². The van der Waals surface area contributed by atoms with Crippen LogP contribution in [0.5, 0.6) is 0 Å². The summed E-state index contributed by atoms with van der Waals surface area (Å²) in [7, 11) is 0. The number of nitrogens with zero attached hydrogens (tertiary/aromatic N) is 2. The maximum atomic E-state index is 13.9. The number of benzene rings is 1. The summed E-state index contributed by atoms with van der Waals surface area (Å²) < 4.78 is 13.9. The molecule has 3 aliphatic rings. The van der Waals surface area contributed by atoms with Crippen molar-refractivity contribution in [2.45, 2.75) is 38.8 Å². The number of rotatable bonds is 5. The predicted octanol–water partition coefficient (Wildman–Crippen LogP) is 0.782. The van der Waals surface area contributed by atoms with Crippen LogP contribution in [0.2, 0.25) is 0 Å². The summed E-state index contributed by atoms with van der Waals surface area (Å²) in [6.07, 6.45) is 0.773. The van der Waals surface area contributed by atoms with Gasteiger partial charge in [-0.3, -0.25) is 19.2 Å². The van der Waals surface area contributed by atoms with Gasteiger partial charge in [0.25, 0.3) is 0 Å². The van der Waals surface area contributed by atoms with Crippen molar-refractivity contribution in [1.82, 2.24) is 15.5 Å². The molecule has 174 valence electrons. The van der Waals surface area contributed by atoms with Gasteiger partial charge < -0.3 is 20.9 Å². The highest BCUT2D eigenvalue weighted by Crippen LogP contribution is 2.64. The maximum Gasteiger partial charge on any atom is 0.314 e. The van der Waals surface area contributed by atoms with E-state index in [1.807, 2.05) is 19.9 Å². The number of hydrogen-bond acceptors (Lipinski definition) is 5. The minimum absolute atomic E-state index is 0.0413. The molecule has 2 heterocycles. The number of piperidine rings is 1. The summed E-state index contributed by atoms with van der Waals surface area (Å²) in [6, 6.07) is 5.70. The number of nitriles is 1. The average molecular weight is 455 g/mol.